The summed E-state index contributed by atoms with van der Waals surface area (Å²) in [6.45, 7) is 3.67. The number of alkyl halides is 1. The summed E-state index contributed by atoms with van der Waals surface area (Å²) in [5.74, 6) is 0.907. The third kappa shape index (κ3) is 2.90. The highest BCUT2D eigenvalue weighted by Gasteiger charge is 2.30. The Balaban J connectivity index is 1.58. The van der Waals surface area contributed by atoms with Crippen LogP contribution >= 0.6 is 0 Å². The predicted octanol–water partition coefficient (Wildman–Crippen LogP) is 2.71. The first kappa shape index (κ1) is 13.7. The molecule has 110 valence electrons. The molecule has 4 heteroatoms. The van der Waals surface area contributed by atoms with E-state index >= 15 is 0 Å². The van der Waals surface area contributed by atoms with Gasteiger partial charge in [0.25, 0.3) is 0 Å². The first-order valence-corrected chi connectivity index (χ1v) is 7.53. The number of piperidine rings is 1. The highest BCUT2D eigenvalue weighted by molar-refractivity contribution is 5.51. The molecule has 0 unspecified atom stereocenters. The molecule has 20 heavy (non-hydrogen) atoms. The first-order chi connectivity index (χ1) is 9.76. The molecular formula is C16H23FN2O. The number of nitrogens with zero attached hydrogens (tertiary/aromatic N) is 2. The normalized spacial score (nSPS) is 25.1. The summed E-state index contributed by atoms with van der Waals surface area (Å²) in [5, 5.41) is 0. The molecule has 1 aromatic rings. The minimum atomic E-state index is -0.605. The summed E-state index contributed by atoms with van der Waals surface area (Å²) in [6, 6.07) is 8.80. The number of rotatable bonds is 3. The summed E-state index contributed by atoms with van der Waals surface area (Å²) in [7, 11) is 1.70. The monoisotopic (exact) mass is 278 g/mol. The smallest absolute Gasteiger partial charge is 0.120 e. The van der Waals surface area contributed by atoms with Crippen LogP contribution in [0.2, 0.25) is 0 Å². The molecule has 0 bridgehead atoms. The Morgan fingerprint density at radius 1 is 1.15 bits per heavy atom. The van der Waals surface area contributed by atoms with Crippen LogP contribution in [0.1, 0.15) is 19.3 Å². The van der Waals surface area contributed by atoms with Crippen LogP contribution < -0.4 is 9.64 Å². The van der Waals surface area contributed by atoms with E-state index in [2.05, 4.69) is 21.9 Å². The van der Waals surface area contributed by atoms with Crippen molar-refractivity contribution in [1.29, 1.82) is 0 Å². The van der Waals surface area contributed by atoms with Gasteiger partial charge in [0.05, 0.1) is 7.11 Å². The van der Waals surface area contributed by atoms with Gasteiger partial charge in [0, 0.05) is 44.0 Å². The van der Waals surface area contributed by atoms with E-state index in [4.69, 9.17) is 4.74 Å². The topological polar surface area (TPSA) is 15.7 Å². The Morgan fingerprint density at radius 3 is 2.60 bits per heavy atom. The molecule has 2 aliphatic rings. The van der Waals surface area contributed by atoms with Crippen molar-refractivity contribution < 1.29 is 9.13 Å². The van der Waals surface area contributed by atoms with Gasteiger partial charge in [0.2, 0.25) is 0 Å². The second-order valence-electron chi connectivity index (χ2n) is 5.80. The molecule has 1 atom stereocenters. The van der Waals surface area contributed by atoms with E-state index in [1.54, 1.807) is 7.11 Å². The predicted molar refractivity (Wildman–Crippen MR) is 79.3 cm³/mol. The lowest BCUT2D eigenvalue weighted by Gasteiger charge is -2.37. The summed E-state index contributed by atoms with van der Waals surface area (Å²) >= 11 is 0. The highest BCUT2D eigenvalue weighted by atomic mass is 19.1. The van der Waals surface area contributed by atoms with E-state index in [1.807, 2.05) is 12.1 Å². The minimum Gasteiger partial charge on any atom is -0.497 e. The number of benzene rings is 1. The van der Waals surface area contributed by atoms with E-state index in [9.17, 15) is 4.39 Å². The Kier molecular flexibility index (Phi) is 4.10. The van der Waals surface area contributed by atoms with Gasteiger partial charge < -0.3 is 9.64 Å². The van der Waals surface area contributed by atoms with Crippen molar-refractivity contribution in [3.63, 3.8) is 0 Å². The lowest BCUT2D eigenvalue weighted by molar-refractivity contribution is 0.192. The number of methoxy groups -OCH3 is 1. The van der Waals surface area contributed by atoms with Crippen LogP contribution in [-0.4, -0.2) is 50.4 Å². The molecule has 2 fully saturated rings. The molecule has 3 rings (SSSR count). The Morgan fingerprint density at radius 2 is 1.95 bits per heavy atom. The zero-order chi connectivity index (χ0) is 13.9. The average Bonchev–Trinajstić information content (AvgIpc) is 2.94. The number of anilines is 1. The van der Waals surface area contributed by atoms with Gasteiger partial charge in [0.1, 0.15) is 11.9 Å². The SMILES string of the molecule is COc1cccc(N2CCC(N3CC[C@H](F)C3)CC2)c1. The second-order valence-corrected chi connectivity index (χ2v) is 5.80. The van der Waals surface area contributed by atoms with Crippen LogP contribution in [0.4, 0.5) is 10.1 Å². The highest BCUT2D eigenvalue weighted by Crippen LogP contribution is 2.27. The van der Waals surface area contributed by atoms with Crippen LogP contribution in [0.15, 0.2) is 24.3 Å². The van der Waals surface area contributed by atoms with Crippen LogP contribution in [0, 0.1) is 0 Å². The quantitative estimate of drug-likeness (QED) is 0.845. The second kappa shape index (κ2) is 6.00. The molecule has 0 radical (unpaired) electrons. The van der Waals surface area contributed by atoms with Gasteiger partial charge >= 0.3 is 0 Å². The molecule has 1 aromatic carbocycles. The molecule has 2 aliphatic heterocycles. The average molecular weight is 278 g/mol. The van der Waals surface area contributed by atoms with E-state index in [0.29, 0.717) is 12.6 Å². The van der Waals surface area contributed by atoms with Crippen molar-refractivity contribution in [2.75, 3.05) is 38.2 Å². The van der Waals surface area contributed by atoms with Crippen LogP contribution in [-0.2, 0) is 0 Å². The Hall–Kier alpha value is -1.29. The van der Waals surface area contributed by atoms with Crippen LogP contribution in [0.25, 0.3) is 0 Å². The number of likely N-dealkylation sites (tertiary alicyclic amines) is 1. The Bertz CT molecular complexity index is 446. The fourth-order valence-corrected chi connectivity index (χ4v) is 3.37. The zero-order valence-electron chi connectivity index (χ0n) is 12.1. The molecule has 2 saturated heterocycles. The fraction of sp³-hybridized carbons (Fsp3) is 0.625. The number of halogens is 1. The maximum Gasteiger partial charge on any atom is 0.120 e. The maximum absolute atomic E-state index is 13.3. The van der Waals surface area contributed by atoms with Gasteiger partial charge in [0.15, 0.2) is 0 Å². The third-order valence-electron chi connectivity index (χ3n) is 4.56. The van der Waals surface area contributed by atoms with E-state index in [0.717, 1.165) is 44.6 Å². The fourth-order valence-electron chi connectivity index (χ4n) is 3.37. The molecule has 0 aromatic heterocycles. The molecule has 2 heterocycles. The molecule has 3 nitrogen and oxygen atoms in total. The zero-order valence-corrected chi connectivity index (χ0v) is 12.1. The van der Waals surface area contributed by atoms with Gasteiger partial charge in [-0.05, 0) is 31.4 Å². The van der Waals surface area contributed by atoms with Gasteiger partial charge in [-0.3, -0.25) is 4.90 Å². The van der Waals surface area contributed by atoms with Crippen molar-refractivity contribution >= 4 is 5.69 Å². The summed E-state index contributed by atoms with van der Waals surface area (Å²) in [4.78, 5) is 4.75. The minimum absolute atomic E-state index is 0.567. The van der Waals surface area contributed by atoms with Crippen molar-refractivity contribution in [3.05, 3.63) is 24.3 Å². The van der Waals surface area contributed by atoms with E-state index in [-0.39, 0.29) is 0 Å². The molecule has 0 amide bonds. The lowest BCUT2D eigenvalue weighted by Crippen LogP contribution is -2.44. The molecular weight excluding hydrogens is 255 g/mol. The number of ether oxygens (including phenoxy) is 1. The molecule has 0 spiro atoms. The number of hydrogen-bond donors (Lipinski definition) is 0. The summed E-state index contributed by atoms with van der Waals surface area (Å²) in [5.41, 5.74) is 1.23. The van der Waals surface area contributed by atoms with Crippen molar-refractivity contribution in [3.8, 4) is 5.75 Å². The first-order valence-electron chi connectivity index (χ1n) is 7.53. The Labute approximate surface area is 120 Å². The largest absolute Gasteiger partial charge is 0.497 e. The van der Waals surface area contributed by atoms with Crippen molar-refractivity contribution in [2.45, 2.75) is 31.5 Å². The third-order valence-corrected chi connectivity index (χ3v) is 4.56. The van der Waals surface area contributed by atoms with E-state index < -0.39 is 6.17 Å². The van der Waals surface area contributed by atoms with Gasteiger partial charge in [-0.25, -0.2) is 4.39 Å². The standard InChI is InChI=1S/C16H23FN2O/c1-20-16-4-2-3-15(11-16)18-9-6-14(7-10-18)19-8-5-13(17)12-19/h2-4,11,13-14H,5-10,12H2,1H3/t13-/m0/s1. The maximum atomic E-state index is 13.3. The summed E-state index contributed by atoms with van der Waals surface area (Å²) < 4.78 is 18.6. The van der Waals surface area contributed by atoms with Crippen LogP contribution in [0.5, 0.6) is 5.75 Å². The lowest BCUT2D eigenvalue weighted by atomic mass is 10.0. The molecule has 0 saturated carbocycles. The van der Waals surface area contributed by atoms with Crippen molar-refractivity contribution in [2.24, 2.45) is 0 Å². The number of hydrogen-bond acceptors (Lipinski definition) is 3. The van der Waals surface area contributed by atoms with Crippen LogP contribution in [0.3, 0.4) is 0 Å². The molecule has 0 N–H and O–H groups in total. The van der Waals surface area contributed by atoms with E-state index in [1.165, 1.54) is 5.69 Å². The molecule has 0 aliphatic carbocycles. The van der Waals surface area contributed by atoms with Crippen molar-refractivity contribution in [1.82, 2.24) is 4.90 Å². The summed E-state index contributed by atoms with van der Waals surface area (Å²) in [6.07, 6.45) is 2.37. The van der Waals surface area contributed by atoms with Gasteiger partial charge in [-0.2, -0.15) is 0 Å². The van der Waals surface area contributed by atoms with Gasteiger partial charge in [-0.15, -0.1) is 0 Å². The van der Waals surface area contributed by atoms with Gasteiger partial charge in [-0.1, -0.05) is 6.07 Å².